The van der Waals surface area contributed by atoms with Crippen LogP contribution in [0.15, 0.2) is 36.7 Å². The van der Waals surface area contributed by atoms with E-state index in [4.69, 9.17) is 5.11 Å². The molecule has 0 aliphatic carbocycles. The van der Waals surface area contributed by atoms with Crippen molar-refractivity contribution in [3.8, 4) is 11.3 Å². The zero-order valence-corrected chi connectivity index (χ0v) is 9.42. The summed E-state index contributed by atoms with van der Waals surface area (Å²) in [5, 5.41) is 8.74. The molecule has 0 radical (unpaired) electrons. The van der Waals surface area contributed by atoms with Gasteiger partial charge in [-0.05, 0) is 36.8 Å². The molecule has 0 aromatic carbocycles. The van der Waals surface area contributed by atoms with E-state index in [-0.39, 0.29) is 6.42 Å². The van der Waals surface area contributed by atoms with Gasteiger partial charge in [0.2, 0.25) is 0 Å². The third kappa shape index (κ3) is 2.87. The SMILES string of the molecule is Cc1cc(-c2cc(CC(=O)O)ccn2)ccn1. The third-order valence-corrected chi connectivity index (χ3v) is 2.37. The van der Waals surface area contributed by atoms with Gasteiger partial charge in [-0.1, -0.05) is 0 Å². The number of hydrogen-bond acceptors (Lipinski definition) is 3. The molecule has 0 bridgehead atoms. The second-order valence-electron chi connectivity index (χ2n) is 3.81. The molecular formula is C13H12N2O2. The Kier molecular flexibility index (Phi) is 3.14. The Hall–Kier alpha value is -2.23. The van der Waals surface area contributed by atoms with Crippen LogP contribution in [0.1, 0.15) is 11.3 Å². The summed E-state index contributed by atoms with van der Waals surface area (Å²) in [6.45, 7) is 1.91. The zero-order valence-electron chi connectivity index (χ0n) is 9.42. The molecule has 0 saturated heterocycles. The van der Waals surface area contributed by atoms with Crippen LogP contribution in [0.3, 0.4) is 0 Å². The number of carboxylic acids is 1. The summed E-state index contributed by atoms with van der Waals surface area (Å²) in [5.41, 5.74) is 3.38. The fraction of sp³-hybridized carbons (Fsp3) is 0.154. The lowest BCUT2D eigenvalue weighted by molar-refractivity contribution is -0.136. The number of hydrogen-bond donors (Lipinski definition) is 1. The Bertz CT molecular complexity index is 553. The van der Waals surface area contributed by atoms with Crippen LogP contribution in [-0.4, -0.2) is 21.0 Å². The van der Waals surface area contributed by atoms with E-state index in [0.29, 0.717) is 0 Å². The quantitative estimate of drug-likeness (QED) is 0.873. The van der Waals surface area contributed by atoms with Gasteiger partial charge in [0.05, 0.1) is 12.1 Å². The third-order valence-electron chi connectivity index (χ3n) is 2.37. The van der Waals surface area contributed by atoms with Crippen molar-refractivity contribution in [1.82, 2.24) is 9.97 Å². The van der Waals surface area contributed by atoms with Gasteiger partial charge in [0.15, 0.2) is 0 Å². The topological polar surface area (TPSA) is 63.1 Å². The summed E-state index contributed by atoms with van der Waals surface area (Å²) < 4.78 is 0. The molecule has 17 heavy (non-hydrogen) atoms. The summed E-state index contributed by atoms with van der Waals surface area (Å²) in [6.07, 6.45) is 3.36. The monoisotopic (exact) mass is 228 g/mol. The fourth-order valence-electron chi connectivity index (χ4n) is 1.62. The molecule has 0 atom stereocenters. The lowest BCUT2D eigenvalue weighted by Crippen LogP contribution is -2.00. The molecule has 2 rings (SSSR count). The molecule has 2 heterocycles. The number of aliphatic carboxylic acids is 1. The van der Waals surface area contributed by atoms with Crippen LogP contribution in [0.2, 0.25) is 0 Å². The van der Waals surface area contributed by atoms with Crippen molar-refractivity contribution in [1.29, 1.82) is 0 Å². The lowest BCUT2D eigenvalue weighted by Gasteiger charge is -2.03. The molecule has 1 N–H and O–H groups in total. The maximum Gasteiger partial charge on any atom is 0.307 e. The number of aromatic nitrogens is 2. The minimum absolute atomic E-state index is 0.0135. The normalized spacial score (nSPS) is 10.2. The predicted octanol–water partition coefficient (Wildman–Crippen LogP) is 2.08. The molecule has 2 aromatic heterocycles. The van der Waals surface area contributed by atoms with Crippen LogP contribution in [0.5, 0.6) is 0 Å². The highest BCUT2D eigenvalue weighted by Gasteiger charge is 2.04. The number of carbonyl (C=O) groups is 1. The second kappa shape index (κ2) is 4.74. The van der Waals surface area contributed by atoms with E-state index in [2.05, 4.69) is 9.97 Å². The zero-order chi connectivity index (χ0) is 12.3. The molecular weight excluding hydrogens is 216 g/mol. The Balaban J connectivity index is 2.36. The molecule has 0 aliphatic rings. The molecule has 0 fully saturated rings. The molecule has 0 spiro atoms. The number of carboxylic acid groups (broad SMARTS) is 1. The van der Waals surface area contributed by atoms with E-state index in [1.54, 1.807) is 24.5 Å². The first-order valence-corrected chi connectivity index (χ1v) is 5.25. The number of pyridine rings is 2. The van der Waals surface area contributed by atoms with E-state index in [9.17, 15) is 4.79 Å². The lowest BCUT2D eigenvalue weighted by atomic mass is 10.1. The number of aryl methyl sites for hydroxylation is 1. The van der Waals surface area contributed by atoms with E-state index in [1.165, 1.54) is 0 Å². The van der Waals surface area contributed by atoms with E-state index >= 15 is 0 Å². The van der Waals surface area contributed by atoms with Gasteiger partial charge in [-0.3, -0.25) is 14.8 Å². The van der Waals surface area contributed by atoms with E-state index in [0.717, 1.165) is 22.5 Å². The van der Waals surface area contributed by atoms with Gasteiger partial charge in [-0.25, -0.2) is 0 Å². The van der Waals surface area contributed by atoms with Crippen LogP contribution in [0, 0.1) is 6.92 Å². The maximum absolute atomic E-state index is 10.6. The highest BCUT2D eigenvalue weighted by atomic mass is 16.4. The molecule has 4 nitrogen and oxygen atoms in total. The van der Waals surface area contributed by atoms with Crippen LogP contribution >= 0.6 is 0 Å². The Morgan fingerprint density at radius 2 is 2.00 bits per heavy atom. The van der Waals surface area contributed by atoms with Gasteiger partial charge in [-0.2, -0.15) is 0 Å². The summed E-state index contributed by atoms with van der Waals surface area (Å²) in [4.78, 5) is 19.0. The smallest absolute Gasteiger partial charge is 0.307 e. The van der Waals surface area contributed by atoms with Crippen LogP contribution in [0.25, 0.3) is 11.3 Å². The summed E-state index contributed by atoms with van der Waals surface area (Å²) in [6, 6.07) is 7.29. The molecule has 0 amide bonds. The first-order valence-electron chi connectivity index (χ1n) is 5.25. The highest BCUT2D eigenvalue weighted by Crippen LogP contribution is 2.18. The van der Waals surface area contributed by atoms with E-state index < -0.39 is 5.97 Å². The van der Waals surface area contributed by atoms with Gasteiger partial charge in [0.25, 0.3) is 0 Å². The summed E-state index contributed by atoms with van der Waals surface area (Å²) in [7, 11) is 0. The van der Waals surface area contributed by atoms with Crippen LogP contribution in [0.4, 0.5) is 0 Å². The fourth-order valence-corrected chi connectivity index (χ4v) is 1.62. The summed E-state index contributed by atoms with van der Waals surface area (Å²) in [5.74, 6) is -0.840. The largest absolute Gasteiger partial charge is 0.481 e. The van der Waals surface area contributed by atoms with Gasteiger partial charge in [0.1, 0.15) is 0 Å². The Labute approximate surface area is 99.0 Å². The molecule has 0 unspecified atom stereocenters. The van der Waals surface area contributed by atoms with Crippen molar-refractivity contribution >= 4 is 5.97 Å². The minimum atomic E-state index is -0.840. The Morgan fingerprint density at radius 3 is 2.71 bits per heavy atom. The highest BCUT2D eigenvalue weighted by molar-refractivity contribution is 5.71. The van der Waals surface area contributed by atoms with Crippen molar-refractivity contribution in [3.63, 3.8) is 0 Å². The maximum atomic E-state index is 10.6. The van der Waals surface area contributed by atoms with Crippen molar-refractivity contribution in [2.24, 2.45) is 0 Å². The molecule has 0 aliphatic heterocycles. The van der Waals surface area contributed by atoms with Gasteiger partial charge < -0.3 is 5.11 Å². The second-order valence-corrected chi connectivity index (χ2v) is 3.81. The van der Waals surface area contributed by atoms with Gasteiger partial charge in [0, 0.05) is 23.7 Å². The standard InChI is InChI=1S/C13H12N2O2/c1-9-6-11(3-5-14-9)12-7-10(2-4-15-12)8-13(16)17/h2-7H,8H2,1H3,(H,16,17). The van der Waals surface area contributed by atoms with Crippen molar-refractivity contribution in [2.75, 3.05) is 0 Å². The predicted molar refractivity (Wildman–Crippen MR) is 63.5 cm³/mol. The van der Waals surface area contributed by atoms with Crippen LogP contribution in [-0.2, 0) is 11.2 Å². The van der Waals surface area contributed by atoms with Crippen molar-refractivity contribution < 1.29 is 9.90 Å². The van der Waals surface area contributed by atoms with Gasteiger partial charge in [-0.15, -0.1) is 0 Å². The summed E-state index contributed by atoms with van der Waals surface area (Å²) >= 11 is 0. The Morgan fingerprint density at radius 1 is 1.24 bits per heavy atom. The first kappa shape index (κ1) is 11.3. The molecule has 86 valence electrons. The first-order chi connectivity index (χ1) is 8.15. The average molecular weight is 228 g/mol. The van der Waals surface area contributed by atoms with Crippen molar-refractivity contribution in [3.05, 3.63) is 47.9 Å². The molecule has 0 saturated carbocycles. The average Bonchev–Trinajstić information content (AvgIpc) is 2.28. The number of nitrogens with zero attached hydrogens (tertiary/aromatic N) is 2. The molecule has 2 aromatic rings. The van der Waals surface area contributed by atoms with Crippen LogP contribution < -0.4 is 0 Å². The van der Waals surface area contributed by atoms with E-state index in [1.807, 2.05) is 19.1 Å². The van der Waals surface area contributed by atoms with Crippen molar-refractivity contribution in [2.45, 2.75) is 13.3 Å². The minimum Gasteiger partial charge on any atom is -0.481 e. The molecule has 4 heteroatoms. The number of rotatable bonds is 3. The van der Waals surface area contributed by atoms with Gasteiger partial charge >= 0.3 is 5.97 Å².